The molecule has 0 aromatic rings. The summed E-state index contributed by atoms with van der Waals surface area (Å²) in [6, 6.07) is 2.49. The third-order valence-electron chi connectivity index (χ3n) is 8.84. The Bertz CT molecular complexity index is 755. The molecule has 19 heteroatoms. The first-order chi connectivity index (χ1) is 27.0. The first-order valence-corrected chi connectivity index (χ1v) is 21.4. The molecular weight excluding hydrogens is 745 g/mol. The van der Waals surface area contributed by atoms with Crippen LogP contribution in [-0.4, -0.2) is 211 Å². The van der Waals surface area contributed by atoms with Gasteiger partial charge in [-0.05, 0) is 48.0 Å². The van der Waals surface area contributed by atoms with Gasteiger partial charge in [0.05, 0.1) is 24.4 Å². The van der Waals surface area contributed by atoms with Crippen LogP contribution in [0.3, 0.4) is 0 Å². The van der Waals surface area contributed by atoms with Gasteiger partial charge in [-0.15, -0.1) is 0 Å². The zero-order chi connectivity index (χ0) is 46.4. The van der Waals surface area contributed by atoms with Crippen LogP contribution in [0.1, 0.15) is 82.6 Å². The van der Waals surface area contributed by atoms with Gasteiger partial charge in [0.15, 0.2) is 0 Å². The predicted octanol–water partition coefficient (Wildman–Crippen LogP) is -4.36. The predicted molar refractivity (Wildman–Crippen MR) is 246 cm³/mol. The Kier molecular flexibility index (Phi) is 49.1. The largest absolute Gasteiger partial charge is 0.390 e. The fourth-order valence-corrected chi connectivity index (χ4v) is 4.78. The van der Waals surface area contributed by atoms with Crippen LogP contribution in [-0.2, 0) is 0 Å². The van der Waals surface area contributed by atoms with E-state index >= 15 is 0 Å². The second-order valence-electron chi connectivity index (χ2n) is 16.2. The molecule has 0 saturated heterocycles. The monoisotopic (exact) mass is 847 g/mol. The molecule has 0 fully saturated rings. The Labute approximate surface area is 355 Å². The van der Waals surface area contributed by atoms with Crippen LogP contribution >= 0.6 is 0 Å². The summed E-state index contributed by atoms with van der Waals surface area (Å²) in [4.78, 5) is 6.21. The van der Waals surface area contributed by atoms with Crippen LogP contribution in [0.5, 0.6) is 0 Å². The number of hydrogen-bond donors (Lipinski definition) is 16. The lowest BCUT2D eigenvalue weighted by molar-refractivity contribution is 0.0560. The maximum Gasteiger partial charge on any atom is 0.101 e. The molecule has 0 rings (SSSR count). The van der Waals surface area contributed by atoms with Gasteiger partial charge in [0.1, 0.15) is 5.60 Å². The first kappa shape index (κ1) is 66.3. The summed E-state index contributed by atoms with van der Waals surface area (Å²) in [5.41, 5.74) is 47.3. The van der Waals surface area contributed by atoms with E-state index in [1.807, 2.05) is 51.3 Å². The molecule has 0 aromatic heterocycles. The van der Waals surface area contributed by atoms with Gasteiger partial charge in [0.25, 0.3) is 0 Å². The first-order valence-electron chi connectivity index (χ1n) is 21.4. The number of nitrogens with two attached hydrogens (primary N) is 9. The summed E-state index contributed by atoms with van der Waals surface area (Å²) in [7, 11) is 0. The molecule has 358 valence electrons. The van der Waals surface area contributed by atoms with Crippen LogP contribution in [0.25, 0.3) is 0 Å². The van der Waals surface area contributed by atoms with Crippen molar-refractivity contribution in [2.75, 3.05) is 105 Å². The van der Waals surface area contributed by atoms with Gasteiger partial charge < -0.3 is 87.8 Å². The minimum atomic E-state index is -0.940. The van der Waals surface area contributed by atoms with Crippen molar-refractivity contribution in [2.45, 2.75) is 149 Å². The highest BCUT2D eigenvalue weighted by atomic mass is 16.3. The standard InChI is InChI=1S/2C9H23N3O2.C7H19N3O.C7H19N3.C7H18N2/c2*1-7(2)12(5-8(13)3-10)6-9(14)4-11;1-6(2)10-5-7(11,3-8)4-9;1-7(2)10(5-3-8)6-4-9;1-4-7(5-8)9-6(2)3/h2*7-9,13-14H,3-6,10-11H2,1-2H3;6,10-11H,3-5,8-9H2,1-2H3;7H,3-6,8-9H2,1-2H3;6-7,9H,4-5,8H2,1-3H3/t2*8-,9-;;;/m10.../s1. The molecule has 1 unspecified atom stereocenters. The molecule has 19 nitrogen and oxygen atoms in total. The third kappa shape index (κ3) is 43.3. The maximum absolute atomic E-state index is 9.57. The minimum absolute atomic E-state index is 0.198. The lowest BCUT2D eigenvalue weighted by Gasteiger charge is -2.29. The van der Waals surface area contributed by atoms with E-state index in [2.05, 4.69) is 50.2 Å². The third-order valence-corrected chi connectivity index (χ3v) is 8.84. The highest BCUT2D eigenvalue weighted by Gasteiger charge is 2.22. The second-order valence-corrected chi connectivity index (χ2v) is 16.2. The van der Waals surface area contributed by atoms with Gasteiger partial charge in [0, 0.05) is 141 Å². The Morgan fingerprint density at radius 3 is 0.948 bits per heavy atom. The lowest BCUT2D eigenvalue weighted by Crippen LogP contribution is -2.53. The fraction of sp³-hybridized carbons (Fsp3) is 1.00. The van der Waals surface area contributed by atoms with Crippen molar-refractivity contribution in [2.24, 2.45) is 51.6 Å². The summed E-state index contributed by atoms with van der Waals surface area (Å²) < 4.78 is 0. The topological polar surface area (TPSA) is 369 Å². The van der Waals surface area contributed by atoms with Gasteiger partial charge in [0.2, 0.25) is 0 Å². The Morgan fingerprint density at radius 1 is 0.483 bits per heavy atom. The van der Waals surface area contributed by atoms with Crippen molar-refractivity contribution >= 4 is 0 Å². The van der Waals surface area contributed by atoms with Gasteiger partial charge in [-0.1, -0.05) is 34.6 Å². The second kappa shape index (κ2) is 42.9. The molecule has 0 saturated carbocycles. The zero-order valence-electron chi connectivity index (χ0n) is 39.1. The highest BCUT2D eigenvalue weighted by Crippen LogP contribution is 2.03. The van der Waals surface area contributed by atoms with Crippen LogP contribution in [0.2, 0.25) is 0 Å². The van der Waals surface area contributed by atoms with Crippen molar-refractivity contribution < 1.29 is 25.5 Å². The van der Waals surface area contributed by atoms with Crippen molar-refractivity contribution in [1.29, 1.82) is 0 Å². The number of nitrogens with one attached hydrogen (secondary N) is 2. The summed E-state index contributed by atoms with van der Waals surface area (Å²) in [5, 5.41) is 53.5. The molecule has 0 heterocycles. The van der Waals surface area contributed by atoms with Gasteiger partial charge >= 0.3 is 0 Å². The zero-order valence-corrected chi connectivity index (χ0v) is 39.1. The fourth-order valence-electron chi connectivity index (χ4n) is 4.78. The van der Waals surface area contributed by atoms with Gasteiger partial charge in [-0.25, -0.2) is 0 Å². The molecule has 0 aromatic carbocycles. The average Bonchev–Trinajstić information content (AvgIpc) is 3.18. The van der Waals surface area contributed by atoms with Crippen LogP contribution in [0, 0.1) is 0 Å². The maximum atomic E-state index is 9.57. The summed E-state index contributed by atoms with van der Waals surface area (Å²) >= 11 is 0. The van der Waals surface area contributed by atoms with Gasteiger partial charge in [-0.2, -0.15) is 0 Å². The Hall–Kier alpha value is -0.760. The van der Waals surface area contributed by atoms with Crippen molar-refractivity contribution in [3.05, 3.63) is 0 Å². The van der Waals surface area contributed by atoms with Crippen LogP contribution in [0.4, 0.5) is 0 Å². The number of aliphatic hydroxyl groups is 5. The van der Waals surface area contributed by atoms with Crippen LogP contribution in [0.15, 0.2) is 0 Å². The van der Waals surface area contributed by atoms with E-state index < -0.39 is 30.0 Å². The summed E-state index contributed by atoms with van der Waals surface area (Å²) in [5.74, 6) is 0. The molecule has 0 aliphatic rings. The summed E-state index contributed by atoms with van der Waals surface area (Å²) in [6.07, 6.45) is -1.04. The number of rotatable bonds is 28. The number of hydrogen-bond acceptors (Lipinski definition) is 19. The van der Waals surface area contributed by atoms with E-state index in [0.717, 1.165) is 39.1 Å². The molecule has 0 amide bonds. The van der Waals surface area contributed by atoms with E-state index in [9.17, 15) is 25.5 Å². The molecule has 0 spiro atoms. The number of aliphatic hydroxyl groups excluding tert-OH is 4. The summed E-state index contributed by atoms with van der Waals surface area (Å²) in [6.45, 7) is 30.6. The van der Waals surface area contributed by atoms with E-state index in [1.54, 1.807) is 0 Å². The molecule has 5 atom stereocenters. The molecule has 25 N–H and O–H groups in total. The Balaban J connectivity index is -0.000000204. The SMILES string of the molecule is CC(C)N(CCN)CCN.CC(C)N(C[C@@H](O)CN)C[C@@H](O)CN.CC(C)N(C[C@H](O)CN)C[C@H](O)CN.CC(C)NCC(O)(CN)CN.CCC(CN)NC(C)C. The van der Waals surface area contributed by atoms with Gasteiger partial charge in [-0.3, -0.25) is 14.7 Å². The minimum Gasteiger partial charge on any atom is -0.390 e. The van der Waals surface area contributed by atoms with Crippen molar-refractivity contribution in [3.8, 4) is 0 Å². The highest BCUT2D eigenvalue weighted by molar-refractivity contribution is 4.83. The average molecular weight is 847 g/mol. The lowest BCUT2D eigenvalue weighted by atomic mass is 10.1. The van der Waals surface area contributed by atoms with E-state index in [4.69, 9.17) is 51.6 Å². The molecule has 0 aliphatic heterocycles. The normalized spacial score (nSPS) is 14.4. The van der Waals surface area contributed by atoms with Crippen molar-refractivity contribution in [1.82, 2.24) is 25.3 Å². The molecular formula is C39H102N14O5. The molecule has 0 radical (unpaired) electrons. The van der Waals surface area contributed by atoms with E-state index in [0.29, 0.717) is 56.9 Å². The van der Waals surface area contributed by atoms with E-state index in [-0.39, 0.29) is 51.4 Å². The quantitative estimate of drug-likeness (QED) is 0.0354. The molecule has 0 bridgehead atoms. The van der Waals surface area contributed by atoms with E-state index in [1.165, 1.54) is 0 Å². The molecule has 58 heavy (non-hydrogen) atoms. The van der Waals surface area contributed by atoms with Crippen molar-refractivity contribution in [3.63, 3.8) is 0 Å². The van der Waals surface area contributed by atoms with Crippen LogP contribution < -0.4 is 62.2 Å². The smallest absolute Gasteiger partial charge is 0.101 e. The number of nitrogens with zero attached hydrogens (tertiary/aromatic N) is 3. The Morgan fingerprint density at radius 2 is 0.793 bits per heavy atom. The molecule has 0 aliphatic carbocycles.